The van der Waals surface area contributed by atoms with Crippen LogP contribution in [0.4, 0.5) is 13.2 Å². The van der Waals surface area contributed by atoms with E-state index in [1.54, 1.807) is 0 Å². The summed E-state index contributed by atoms with van der Waals surface area (Å²) in [7, 11) is 0. The van der Waals surface area contributed by atoms with Gasteiger partial charge in [-0.1, -0.05) is 36.4 Å². The summed E-state index contributed by atoms with van der Waals surface area (Å²) in [6.07, 6.45) is -0.106. The Balaban J connectivity index is 1.67. The monoisotopic (exact) mass is 390 g/mol. The summed E-state index contributed by atoms with van der Waals surface area (Å²) in [5.41, 5.74) is 12.6. The maximum Gasteiger partial charge on any atom is 0.416 e. The Hall–Kier alpha value is -2.34. The van der Waals surface area contributed by atoms with E-state index >= 15 is 0 Å². The Morgan fingerprint density at radius 1 is 1.04 bits per heavy atom. The van der Waals surface area contributed by atoms with Crippen LogP contribution in [0, 0.1) is 5.92 Å². The highest BCUT2D eigenvalue weighted by Gasteiger charge is 2.33. The zero-order valence-electron chi connectivity index (χ0n) is 15.6. The highest BCUT2D eigenvalue weighted by molar-refractivity contribution is 5.94. The third-order valence-electron chi connectivity index (χ3n) is 5.75. The van der Waals surface area contributed by atoms with Crippen molar-refractivity contribution < 1.29 is 18.0 Å². The summed E-state index contributed by atoms with van der Waals surface area (Å²) in [6, 6.07) is 13.3. The zero-order valence-corrected chi connectivity index (χ0v) is 15.6. The van der Waals surface area contributed by atoms with Gasteiger partial charge in [-0.2, -0.15) is 13.2 Å². The van der Waals surface area contributed by atoms with Crippen LogP contribution in [-0.4, -0.2) is 5.91 Å². The molecule has 3 rings (SSSR count). The fraction of sp³-hybridized carbons (Fsp3) is 0.409. The fourth-order valence-electron chi connectivity index (χ4n) is 4.21. The van der Waals surface area contributed by atoms with Gasteiger partial charge in [-0.05, 0) is 67.2 Å². The van der Waals surface area contributed by atoms with Crippen molar-refractivity contribution in [2.24, 2.45) is 17.4 Å². The number of hydrogen-bond donors (Lipinski definition) is 2. The van der Waals surface area contributed by atoms with Crippen molar-refractivity contribution in [2.75, 3.05) is 0 Å². The van der Waals surface area contributed by atoms with Gasteiger partial charge in [0, 0.05) is 11.6 Å². The van der Waals surface area contributed by atoms with Crippen molar-refractivity contribution >= 4 is 5.91 Å². The number of alkyl halides is 3. The van der Waals surface area contributed by atoms with E-state index in [2.05, 4.69) is 0 Å². The summed E-state index contributed by atoms with van der Waals surface area (Å²) in [6.45, 7) is 0. The van der Waals surface area contributed by atoms with Gasteiger partial charge >= 0.3 is 6.18 Å². The Morgan fingerprint density at radius 3 is 2.25 bits per heavy atom. The molecular formula is C22H25F3N2O. The van der Waals surface area contributed by atoms with Gasteiger partial charge in [0.05, 0.1) is 5.56 Å². The maximum absolute atomic E-state index is 13.0. The van der Waals surface area contributed by atoms with Gasteiger partial charge in [0.25, 0.3) is 0 Å². The van der Waals surface area contributed by atoms with E-state index in [0.717, 1.165) is 49.8 Å². The highest BCUT2D eigenvalue weighted by atomic mass is 19.4. The predicted octanol–water partition coefficient (Wildman–Crippen LogP) is 5.17. The number of benzene rings is 2. The summed E-state index contributed by atoms with van der Waals surface area (Å²) >= 11 is 0. The van der Waals surface area contributed by atoms with Crippen molar-refractivity contribution in [3.63, 3.8) is 0 Å². The minimum absolute atomic E-state index is 0.0146. The molecule has 1 fully saturated rings. The highest BCUT2D eigenvalue weighted by Crippen LogP contribution is 2.41. The molecule has 0 bridgehead atoms. The quantitative estimate of drug-likeness (QED) is 0.740. The van der Waals surface area contributed by atoms with Gasteiger partial charge < -0.3 is 11.5 Å². The zero-order chi connectivity index (χ0) is 20.3. The van der Waals surface area contributed by atoms with Crippen LogP contribution in [0.15, 0.2) is 48.5 Å². The molecule has 0 heterocycles. The number of carbonyl (C=O) groups is 1. The average molecular weight is 390 g/mol. The number of rotatable bonds is 5. The smallest absolute Gasteiger partial charge is 0.366 e. The van der Waals surface area contributed by atoms with E-state index in [9.17, 15) is 18.0 Å². The van der Waals surface area contributed by atoms with E-state index in [1.807, 2.05) is 30.3 Å². The van der Waals surface area contributed by atoms with Crippen molar-refractivity contribution in [1.29, 1.82) is 0 Å². The number of hydrogen-bond acceptors (Lipinski definition) is 2. The second kappa shape index (κ2) is 8.35. The van der Waals surface area contributed by atoms with Crippen LogP contribution in [0.25, 0.3) is 0 Å². The van der Waals surface area contributed by atoms with Gasteiger partial charge in [-0.15, -0.1) is 0 Å². The lowest BCUT2D eigenvalue weighted by Gasteiger charge is -2.31. The van der Waals surface area contributed by atoms with Gasteiger partial charge in [-0.3, -0.25) is 4.79 Å². The second-order valence-electron chi connectivity index (χ2n) is 7.63. The van der Waals surface area contributed by atoms with Crippen LogP contribution < -0.4 is 11.5 Å². The molecule has 0 aliphatic heterocycles. The van der Waals surface area contributed by atoms with E-state index in [4.69, 9.17) is 11.5 Å². The molecule has 28 heavy (non-hydrogen) atoms. The van der Waals surface area contributed by atoms with Crippen LogP contribution in [-0.2, 0) is 6.18 Å². The standard InChI is InChI=1S/C22H25F3N2O/c23-22(24,25)17-10-11-18(19(13-17)21(27)28)15-8-6-14(7-9-15)12-20(26)16-4-2-1-3-5-16/h1-5,10-11,13-15,20H,6-9,12,26H2,(H2,27,28). The molecule has 4 N–H and O–H groups in total. The number of amides is 1. The van der Waals surface area contributed by atoms with Gasteiger partial charge in [-0.25, -0.2) is 0 Å². The predicted molar refractivity (Wildman–Crippen MR) is 103 cm³/mol. The molecule has 1 atom stereocenters. The summed E-state index contributed by atoms with van der Waals surface area (Å²) in [5.74, 6) is -0.291. The molecule has 2 aromatic rings. The Kier molecular flexibility index (Phi) is 6.08. The first-order valence-corrected chi connectivity index (χ1v) is 9.57. The van der Waals surface area contributed by atoms with E-state index < -0.39 is 17.6 Å². The molecule has 1 aliphatic rings. The first kappa shape index (κ1) is 20.4. The third-order valence-corrected chi connectivity index (χ3v) is 5.75. The molecule has 2 aromatic carbocycles. The summed E-state index contributed by atoms with van der Waals surface area (Å²) in [4.78, 5) is 11.7. The van der Waals surface area contributed by atoms with E-state index in [0.29, 0.717) is 11.5 Å². The number of primary amides is 1. The molecule has 3 nitrogen and oxygen atoms in total. The van der Waals surface area contributed by atoms with Crippen LogP contribution in [0.2, 0.25) is 0 Å². The van der Waals surface area contributed by atoms with Crippen molar-refractivity contribution in [3.05, 3.63) is 70.8 Å². The summed E-state index contributed by atoms with van der Waals surface area (Å²) in [5, 5.41) is 0. The molecule has 0 radical (unpaired) electrons. The SMILES string of the molecule is NC(=O)c1cc(C(F)(F)F)ccc1C1CCC(CC(N)c2ccccc2)CC1. The third kappa shape index (κ3) is 4.73. The Morgan fingerprint density at radius 2 is 1.68 bits per heavy atom. The van der Waals surface area contributed by atoms with Crippen molar-refractivity contribution in [1.82, 2.24) is 0 Å². The van der Waals surface area contributed by atoms with E-state index in [-0.39, 0.29) is 17.5 Å². The Labute approximate surface area is 162 Å². The first-order valence-electron chi connectivity index (χ1n) is 9.57. The van der Waals surface area contributed by atoms with Crippen molar-refractivity contribution in [3.8, 4) is 0 Å². The van der Waals surface area contributed by atoms with Crippen LogP contribution >= 0.6 is 0 Å². The first-order chi connectivity index (χ1) is 13.3. The molecule has 1 aliphatic carbocycles. The lowest BCUT2D eigenvalue weighted by Crippen LogP contribution is -2.22. The molecule has 6 heteroatoms. The number of carbonyl (C=O) groups excluding carboxylic acids is 1. The van der Waals surface area contributed by atoms with Gasteiger partial charge in [0.1, 0.15) is 0 Å². The molecule has 0 aromatic heterocycles. The number of nitrogens with two attached hydrogens (primary N) is 2. The molecular weight excluding hydrogens is 365 g/mol. The molecule has 1 saturated carbocycles. The maximum atomic E-state index is 13.0. The van der Waals surface area contributed by atoms with Crippen molar-refractivity contribution in [2.45, 2.75) is 50.2 Å². The van der Waals surface area contributed by atoms with Crippen LogP contribution in [0.5, 0.6) is 0 Å². The molecule has 1 amide bonds. The number of halogens is 3. The normalized spacial score (nSPS) is 21.3. The Bertz CT molecular complexity index is 812. The molecule has 0 spiro atoms. The minimum atomic E-state index is -4.49. The largest absolute Gasteiger partial charge is 0.416 e. The second-order valence-corrected chi connectivity index (χ2v) is 7.63. The molecule has 150 valence electrons. The summed E-state index contributed by atoms with van der Waals surface area (Å²) < 4.78 is 38.9. The van der Waals surface area contributed by atoms with Crippen LogP contribution in [0.1, 0.15) is 71.1 Å². The topological polar surface area (TPSA) is 69.1 Å². The molecule has 0 saturated heterocycles. The minimum Gasteiger partial charge on any atom is -0.366 e. The van der Waals surface area contributed by atoms with Crippen LogP contribution in [0.3, 0.4) is 0 Å². The van der Waals surface area contributed by atoms with E-state index in [1.165, 1.54) is 6.07 Å². The van der Waals surface area contributed by atoms with Gasteiger partial charge in [0.15, 0.2) is 0 Å². The molecule has 1 unspecified atom stereocenters. The lowest BCUT2D eigenvalue weighted by atomic mass is 9.75. The average Bonchev–Trinajstić information content (AvgIpc) is 2.68. The fourth-order valence-corrected chi connectivity index (χ4v) is 4.21. The lowest BCUT2D eigenvalue weighted by molar-refractivity contribution is -0.137. The van der Waals surface area contributed by atoms with Gasteiger partial charge in [0.2, 0.25) is 5.91 Å².